The van der Waals surface area contributed by atoms with E-state index in [1.165, 1.54) is 17.0 Å². The molecule has 0 aliphatic carbocycles. The van der Waals surface area contributed by atoms with Gasteiger partial charge in [-0.05, 0) is 51.1 Å². The van der Waals surface area contributed by atoms with Crippen molar-refractivity contribution in [3.05, 3.63) is 59.2 Å². The van der Waals surface area contributed by atoms with Crippen LogP contribution >= 0.6 is 0 Å². The molecule has 0 fully saturated rings. The summed E-state index contributed by atoms with van der Waals surface area (Å²) in [5.41, 5.74) is 0.832. The van der Waals surface area contributed by atoms with Gasteiger partial charge in [0.2, 0.25) is 0 Å². The van der Waals surface area contributed by atoms with Crippen LogP contribution in [0.3, 0.4) is 0 Å². The monoisotopic (exact) mass is 352 g/mol. The first kappa shape index (κ1) is 17.7. The number of imide groups is 1. The highest BCUT2D eigenvalue weighted by Crippen LogP contribution is 2.30. The summed E-state index contributed by atoms with van der Waals surface area (Å²) < 4.78 is 5.13. The fourth-order valence-electron chi connectivity index (χ4n) is 2.90. The van der Waals surface area contributed by atoms with E-state index in [9.17, 15) is 14.4 Å². The number of hydrogen-bond acceptors (Lipinski definition) is 4. The molecule has 0 atom stereocenters. The summed E-state index contributed by atoms with van der Waals surface area (Å²) in [4.78, 5) is 38.9. The van der Waals surface area contributed by atoms with Gasteiger partial charge in [-0.1, -0.05) is 6.07 Å². The van der Waals surface area contributed by atoms with E-state index in [1.54, 1.807) is 58.2 Å². The van der Waals surface area contributed by atoms with E-state index in [1.807, 2.05) is 0 Å². The molecule has 0 saturated carbocycles. The summed E-state index contributed by atoms with van der Waals surface area (Å²) in [5.74, 6) is -0.459. The molecule has 2 aromatic carbocycles. The molecule has 0 saturated heterocycles. The number of rotatable bonds is 3. The zero-order chi connectivity index (χ0) is 19.1. The van der Waals surface area contributed by atoms with Crippen LogP contribution in [0.15, 0.2) is 42.5 Å². The van der Waals surface area contributed by atoms with Gasteiger partial charge in [0.05, 0.1) is 18.2 Å². The highest BCUT2D eigenvalue weighted by molar-refractivity contribution is 6.22. The van der Waals surface area contributed by atoms with Crippen molar-refractivity contribution in [1.82, 2.24) is 4.90 Å². The Hall–Kier alpha value is -3.15. The standard InChI is InChI=1S/C20H20N2O4/c1-20(2,3)22-18(24)15-9-8-12(10-16(15)19(22)25)17(23)21-13-6-5-7-14(11-13)26-4/h5-11H,1-4H3,(H,21,23). The predicted molar refractivity (Wildman–Crippen MR) is 97.6 cm³/mol. The second-order valence-corrected chi connectivity index (χ2v) is 7.06. The van der Waals surface area contributed by atoms with Gasteiger partial charge in [-0.3, -0.25) is 19.3 Å². The van der Waals surface area contributed by atoms with Crippen LogP contribution in [0, 0.1) is 0 Å². The maximum absolute atomic E-state index is 12.6. The smallest absolute Gasteiger partial charge is 0.262 e. The van der Waals surface area contributed by atoms with Crippen molar-refractivity contribution >= 4 is 23.4 Å². The van der Waals surface area contributed by atoms with Crippen LogP contribution in [0.25, 0.3) is 0 Å². The Balaban J connectivity index is 1.88. The molecule has 1 N–H and O–H groups in total. The van der Waals surface area contributed by atoms with Gasteiger partial charge in [0, 0.05) is 22.9 Å². The van der Waals surface area contributed by atoms with E-state index in [0.29, 0.717) is 22.6 Å². The van der Waals surface area contributed by atoms with Crippen molar-refractivity contribution in [3.63, 3.8) is 0 Å². The highest BCUT2D eigenvalue weighted by Gasteiger charge is 2.42. The van der Waals surface area contributed by atoms with Crippen LogP contribution in [0.2, 0.25) is 0 Å². The summed E-state index contributed by atoms with van der Waals surface area (Å²) in [5, 5.41) is 2.76. The Kier molecular flexibility index (Phi) is 4.28. The molecule has 1 heterocycles. The van der Waals surface area contributed by atoms with Gasteiger partial charge in [-0.2, -0.15) is 0 Å². The lowest BCUT2D eigenvalue weighted by Crippen LogP contribution is -2.45. The first-order chi connectivity index (χ1) is 12.2. The molecule has 6 heteroatoms. The summed E-state index contributed by atoms with van der Waals surface area (Å²) in [6, 6.07) is 11.5. The second kappa shape index (κ2) is 6.29. The third-order valence-electron chi connectivity index (χ3n) is 4.15. The molecular weight excluding hydrogens is 332 g/mol. The van der Waals surface area contributed by atoms with Gasteiger partial charge in [0.15, 0.2) is 0 Å². The van der Waals surface area contributed by atoms with Crippen LogP contribution < -0.4 is 10.1 Å². The number of carbonyl (C=O) groups is 3. The molecule has 3 rings (SSSR count). The van der Waals surface area contributed by atoms with Crippen LogP contribution in [0.4, 0.5) is 5.69 Å². The minimum absolute atomic E-state index is 0.253. The lowest BCUT2D eigenvalue weighted by Gasteiger charge is -2.29. The number of benzene rings is 2. The Morgan fingerprint density at radius 2 is 1.69 bits per heavy atom. The Bertz CT molecular complexity index is 912. The molecule has 0 unspecified atom stereocenters. The second-order valence-electron chi connectivity index (χ2n) is 7.06. The SMILES string of the molecule is COc1cccc(NC(=O)c2ccc3c(c2)C(=O)N(C(C)(C)C)C3=O)c1. The maximum atomic E-state index is 12.6. The van der Waals surface area contributed by atoms with Crippen LogP contribution in [-0.2, 0) is 0 Å². The molecule has 26 heavy (non-hydrogen) atoms. The fraction of sp³-hybridized carbons (Fsp3) is 0.250. The number of nitrogens with zero attached hydrogens (tertiary/aromatic N) is 1. The van der Waals surface area contributed by atoms with E-state index in [4.69, 9.17) is 4.74 Å². The summed E-state index contributed by atoms with van der Waals surface area (Å²) in [6.07, 6.45) is 0. The van der Waals surface area contributed by atoms with Crippen LogP contribution in [0.1, 0.15) is 51.8 Å². The molecule has 0 spiro atoms. The molecule has 134 valence electrons. The number of hydrogen-bond donors (Lipinski definition) is 1. The number of amides is 3. The Morgan fingerprint density at radius 3 is 2.35 bits per heavy atom. The minimum Gasteiger partial charge on any atom is -0.497 e. The number of anilines is 1. The normalized spacial score (nSPS) is 13.6. The van der Waals surface area contributed by atoms with Crippen molar-refractivity contribution in [2.45, 2.75) is 26.3 Å². The quantitative estimate of drug-likeness (QED) is 0.860. The molecule has 1 aliphatic heterocycles. The van der Waals surface area contributed by atoms with E-state index in [-0.39, 0.29) is 23.3 Å². The summed E-state index contributed by atoms with van der Waals surface area (Å²) in [7, 11) is 1.55. The van der Waals surface area contributed by atoms with E-state index in [0.717, 1.165) is 0 Å². The molecule has 6 nitrogen and oxygen atoms in total. The first-order valence-electron chi connectivity index (χ1n) is 8.20. The number of nitrogens with one attached hydrogen (secondary N) is 1. The van der Waals surface area contributed by atoms with Crippen molar-refractivity contribution in [2.75, 3.05) is 12.4 Å². The zero-order valence-corrected chi connectivity index (χ0v) is 15.1. The van der Waals surface area contributed by atoms with Crippen molar-refractivity contribution in [2.24, 2.45) is 0 Å². The maximum Gasteiger partial charge on any atom is 0.262 e. The number of fused-ring (bicyclic) bond motifs is 1. The largest absolute Gasteiger partial charge is 0.497 e. The van der Waals surface area contributed by atoms with Gasteiger partial charge >= 0.3 is 0 Å². The average molecular weight is 352 g/mol. The fourth-order valence-corrected chi connectivity index (χ4v) is 2.90. The van der Waals surface area contributed by atoms with E-state index in [2.05, 4.69) is 5.32 Å². The van der Waals surface area contributed by atoms with Gasteiger partial charge in [-0.25, -0.2) is 0 Å². The molecule has 2 aromatic rings. The lowest BCUT2D eigenvalue weighted by atomic mass is 10.1. The topological polar surface area (TPSA) is 75.7 Å². The lowest BCUT2D eigenvalue weighted by molar-refractivity contribution is 0.0507. The Morgan fingerprint density at radius 1 is 1.00 bits per heavy atom. The van der Waals surface area contributed by atoms with Crippen molar-refractivity contribution < 1.29 is 19.1 Å². The molecule has 0 aromatic heterocycles. The van der Waals surface area contributed by atoms with Crippen molar-refractivity contribution in [3.8, 4) is 5.75 Å². The molecule has 0 radical (unpaired) electrons. The highest BCUT2D eigenvalue weighted by atomic mass is 16.5. The van der Waals surface area contributed by atoms with Gasteiger partial charge in [0.25, 0.3) is 17.7 Å². The summed E-state index contributed by atoms with van der Waals surface area (Å²) >= 11 is 0. The molecule has 0 bridgehead atoms. The third-order valence-corrected chi connectivity index (χ3v) is 4.15. The predicted octanol–water partition coefficient (Wildman–Crippen LogP) is 3.34. The van der Waals surface area contributed by atoms with E-state index < -0.39 is 5.54 Å². The van der Waals surface area contributed by atoms with Crippen LogP contribution in [0.5, 0.6) is 5.75 Å². The number of methoxy groups -OCH3 is 1. The van der Waals surface area contributed by atoms with Gasteiger partial charge < -0.3 is 10.1 Å². The number of carbonyl (C=O) groups excluding carboxylic acids is 3. The Labute approximate surface area is 151 Å². The van der Waals surface area contributed by atoms with E-state index >= 15 is 0 Å². The first-order valence-corrected chi connectivity index (χ1v) is 8.20. The molecule has 3 amide bonds. The van der Waals surface area contributed by atoms with Crippen molar-refractivity contribution in [1.29, 1.82) is 0 Å². The van der Waals surface area contributed by atoms with Crippen LogP contribution in [-0.4, -0.2) is 35.3 Å². The third kappa shape index (κ3) is 3.06. The van der Waals surface area contributed by atoms with Gasteiger partial charge in [-0.15, -0.1) is 0 Å². The molecular formula is C20H20N2O4. The average Bonchev–Trinajstić information content (AvgIpc) is 2.85. The zero-order valence-electron chi connectivity index (χ0n) is 15.1. The molecule has 1 aliphatic rings. The summed E-state index contributed by atoms with van der Waals surface area (Å²) in [6.45, 7) is 5.39. The number of ether oxygens (including phenoxy) is 1. The minimum atomic E-state index is -0.629. The van der Waals surface area contributed by atoms with Gasteiger partial charge in [0.1, 0.15) is 5.75 Å².